The highest BCUT2D eigenvalue weighted by atomic mass is 79.9. The molecule has 8 heteroatoms. The van der Waals surface area contributed by atoms with E-state index in [2.05, 4.69) is 53.1 Å². The Labute approximate surface area is 218 Å². The monoisotopic (exact) mass is 649 g/mol. The fourth-order valence-corrected chi connectivity index (χ4v) is 5.81. The minimum Gasteiger partial charge on any atom is -0.414 e. The first kappa shape index (κ1) is 24.1. The predicted molar refractivity (Wildman–Crippen MR) is 144 cm³/mol. The molecule has 4 rings (SSSR count). The van der Waals surface area contributed by atoms with Gasteiger partial charge in [0.25, 0.3) is 0 Å². The summed E-state index contributed by atoms with van der Waals surface area (Å²) in [6.45, 7) is 0. The highest BCUT2D eigenvalue weighted by molar-refractivity contribution is 9.11. The Hall–Kier alpha value is -2.05. The molecule has 0 saturated heterocycles. The van der Waals surface area contributed by atoms with Crippen LogP contribution < -0.4 is 14.4 Å². The average molecular weight is 652 g/mol. The van der Waals surface area contributed by atoms with Crippen molar-refractivity contribution in [3.05, 3.63) is 122 Å². The zero-order valence-electron chi connectivity index (χ0n) is 17.2. The van der Waals surface area contributed by atoms with Crippen molar-refractivity contribution >= 4 is 61.1 Å². The van der Waals surface area contributed by atoms with Gasteiger partial charge in [0.1, 0.15) is 11.5 Å². The second kappa shape index (κ2) is 10.9. The molecule has 4 aromatic rings. The van der Waals surface area contributed by atoms with E-state index in [1.807, 2.05) is 78.9 Å². The predicted octanol–water partition coefficient (Wildman–Crippen LogP) is 9.44. The fraction of sp³-hybridized carbons (Fsp3) is 0.0400. The van der Waals surface area contributed by atoms with Crippen LogP contribution in [0, 0.1) is 0 Å². The Morgan fingerprint density at radius 3 is 1.48 bits per heavy atom. The second-order valence-corrected chi connectivity index (χ2v) is 11.8. The van der Waals surface area contributed by atoms with Crippen molar-refractivity contribution in [2.75, 3.05) is 5.32 Å². The van der Waals surface area contributed by atoms with E-state index in [4.69, 9.17) is 9.05 Å². The topological polar surface area (TPSA) is 47.6 Å². The second-order valence-electron chi connectivity index (χ2n) is 7.09. The first-order chi connectivity index (χ1) is 15.9. The zero-order valence-corrected chi connectivity index (χ0v) is 22.9. The summed E-state index contributed by atoms with van der Waals surface area (Å²) in [7, 11) is -3.86. The highest BCUT2D eigenvalue weighted by Crippen LogP contribution is 2.60. The maximum absolute atomic E-state index is 14.6. The summed E-state index contributed by atoms with van der Waals surface area (Å²) in [6.07, 6.45) is 0. The van der Waals surface area contributed by atoms with Gasteiger partial charge in [-0.15, -0.1) is 0 Å². The van der Waals surface area contributed by atoms with Crippen molar-refractivity contribution in [1.82, 2.24) is 0 Å². The molecule has 1 atom stereocenters. The summed E-state index contributed by atoms with van der Waals surface area (Å²) in [5.74, 6) is 0.113. The van der Waals surface area contributed by atoms with Gasteiger partial charge in [0.15, 0.2) is 5.78 Å². The van der Waals surface area contributed by atoms with E-state index < -0.39 is 13.4 Å². The highest BCUT2D eigenvalue weighted by Gasteiger charge is 2.41. The van der Waals surface area contributed by atoms with Crippen LogP contribution in [0.25, 0.3) is 0 Å². The molecule has 0 saturated carbocycles. The van der Waals surface area contributed by atoms with Crippen molar-refractivity contribution in [2.45, 2.75) is 5.78 Å². The lowest BCUT2D eigenvalue weighted by Gasteiger charge is -2.29. The number of hydrogen-bond acceptors (Lipinski definition) is 4. The van der Waals surface area contributed by atoms with Crippen molar-refractivity contribution in [3.63, 3.8) is 0 Å². The smallest absolute Gasteiger partial charge is 0.414 e. The molecule has 0 radical (unpaired) electrons. The molecule has 4 nitrogen and oxygen atoms in total. The fourth-order valence-electron chi connectivity index (χ4n) is 3.09. The van der Waals surface area contributed by atoms with Crippen molar-refractivity contribution in [3.8, 4) is 11.5 Å². The Morgan fingerprint density at radius 1 is 0.606 bits per heavy atom. The Kier molecular flexibility index (Phi) is 7.97. The molecule has 0 spiro atoms. The van der Waals surface area contributed by atoms with Gasteiger partial charge in [-0.05, 0) is 78.4 Å². The number of nitrogens with one attached hydrogen (secondary N) is 1. The van der Waals surface area contributed by atoms with E-state index in [9.17, 15) is 4.57 Å². The quantitative estimate of drug-likeness (QED) is 0.193. The average Bonchev–Trinajstić information content (AvgIpc) is 2.82. The first-order valence-electron chi connectivity index (χ1n) is 9.98. The van der Waals surface area contributed by atoms with Gasteiger partial charge in [-0.3, -0.25) is 0 Å². The van der Waals surface area contributed by atoms with Crippen LogP contribution in [-0.4, -0.2) is 0 Å². The van der Waals surface area contributed by atoms with Gasteiger partial charge < -0.3 is 14.4 Å². The summed E-state index contributed by atoms with van der Waals surface area (Å²) in [6, 6.07) is 31.5. The summed E-state index contributed by atoms with van der Waals surface area (Å²) < 4.78 is 29.6. The molecule has 0 fully saturated rings. The third-order valence-corrected chi connectivity index (χ3v) is 8.25. The molecule has 0 aliphatic rings. The van der Waals surface area contributed by atoms with Crippen LogP contribution in [0.15, 0.2) is 117 Å². The third-order valence-electron chi connectivity index (χ3n) is 4.67. The van der Waals surface area contributed by atoms with Crippen LogP contribution in [0.1, 0.15) is 11.3 Å². The lowest BCUT2D eigenvalue weighted by molar-refractivity contribution is 0.376. The van der Waals surface area contributed by atoms with Crippen molar-refractivity contribution in [1.29, 1.82) is 0 Å². The number of anilines is 1. The van der Waals surface area contributed by atoms with E-state index in [1.54, 1.807) is 24.3 Å². The van der Waals surface area contributed by atoms with Gasteiger partial charge in [-0.1, -0.05) is 78.1 Å². The molecule has 168 valence electrons. The van der Waals surface area contributed by atoms with Crippen LogP contribution in [0.4, 0.5) is 5.69 Å². The number of hydrogen-bond donors (Lipinski definition) is 1. The van der Waals surface area contributed by atoms with Crippen LogP contribution in [0.5, 0.6) is 11.5 Å². The summed E-state index contributed by atoms with van der Waals surface area (Å²) in [5.41, 5.74) is 1.56. The summed E-state index contributed by atoms with van der Waals surface area (Å²) >= 11 is 10.3. The largest absolute Gasteiger partial charge is 0.457 e. The van der Waals surface area contributed by atoms with Gasteiger partial charge in [0.05, 0.1) is 0 Å². The Bertz CT molecular complexity index is 1180. The van der Waals surface area contributed by atoms with Gasteiger partial charge in [-0.2, -0.15) is 0 Å². The molecule has 0 aliphatic carbocycles. The van der Waals surface area contributed by atoms with E-state index in [-0.39, 0.29) is 0 Å². The molecular weight excluding hydrogens is 633 g/mol. The van der Waals surface area contributed by atoms with E-state index in [1.165, 1.54) is 0 Å². The molecule has 0 aliphatic heterocycles. The zero-order chi connectivity index (χ0) is 23.3. The molecular formula is C25H19Br3NO3P. The maximum atomic E-state index is 14.6. The molecule has 4 aromatic carbocycles. The standard InChI is InChI=1S/C25H19Br3NO3P/c26-19-6-12-22(13-7-19)29-25(18-4-2-1-3-5-18)33(30,31-23-14-8-20(27)9-15-23)32-24-16-10-21(28)11-17-24/h1-17,25,29H. The van der Waals surface area contributed by atoms with Gasteiger partial charge in [0.2, 0.25) is 0 Å². The first-order valence-corrected chi connectivity index (χ1v) is 14.0. The molecule has 0 aromatic heterocycles. The minimum atomic E-state index is -3.86. The molecule has 1 unspecified atom stereocenters. The van der Waals surface area contributed by atoms with Crippen molar-refractivity contribution < 1.29 is 13.6 Å². The van der Waals surface area contributed by atoms with Gasteiger partial charge >= 0.3 is 7.60 Å². The maximum Gasteiger partial charge on any atom is 0.457 e. The molecule has 33 heavy (non-hydrogen) atoms. The summed E-state index contributed by atoms with van der Waals surface area (Å²) in [4.78, 5) is 0. The van der Waals surface area contributed by atoms with E-state index >= 15 is 0 Å². The van der Waals surface area contributed by atoms with Crippen LogP contribution in [-0.2, 0) is 4.57 Å². The Morgan fingerprint density at radius 2 is 1.03 bits per heavy atom. The number of rotatable bonds is 8. The molecule has 0 bridgehead atoms. The minimum absolute atomic E-state index is 0.442. The number of halogens is 3. The molecule has 1 N–H and O–H groups in total. The van der Waals surface area contributed by atoms with E-state index in [0.717, 1.165) is 24.7 Å². The lowest BCUT2D eigenvalue weighted by atomic mass is 10.2. The van der Waals surface area contributed by atoms with Crippen molar-refractivity contribution in [2.24, 2.45) is 0 Å². The lowest BCUT2D eigenvalue weighted by Crippen LogP contribution is -2.18. The van der Waals surface area contributed by atoms with E-state index in [0.29, 0.717) is 11.5 Å². The SMILES string of the molecule is O=P(Oc1ccc(Br)cc1)(Oc1ccc(Br)cc1)C(Nc1ccc(Br)cc1)c1ccccc1. The van der Waals surface area contributed by atoms with Gasteiger partial charge in [-0.25, -0.2) is 4.57 Å². The Balaban J connectivity index is 1.78. The molecule has 0 heterocycles. The number of benzene rings is 4. The normalized spacial score (nSPS) is 12.1. The van der Waals surface area contributed by atoms with Crippen LogP contribution in [0.3, 0.4) is 0 Å². The third kappa shape index (κ3) is 6.51. The molecule has 0 amide bonds. The van der Waals surface area contributed by atoms with Crippen LogP contribution >= 0.6 is 55.4 Å². The summed E-state index contributed by atoms with van der Waals surface area (Å²) in [5, 5.41) is 3.37. The van der Waals surface area contributed by atoms with Gasteiger partial charge in [0, 0.05) is 19.1 Å². The van der Waals surface area contributed by atoms with Crippen LogP contribution in [0.2, 0.25) is 0 Å².